The van der Waals surface area contributed by atoms with Gasteiger partial charge in [-0.1, -0.05) is 19.4 Å². The van der Waals surface area contributed by atoms with Crippen LogP contribution in [0.15, 0.2) is 18.2 Å². The van der Waals surface area contributed by atoms with Gasteiger partial charge in [-0.25, -0.2) is 4.79 Å². The molecular formula is C16H21NO3. The summed E-state index contributed by atoms with van der Waals surface area (Å²) in [6.45, 7) is 1.90. The van der Waals surface area contributed by atoms with Gasteiger partial charge in [0.1, 0.15) is 6.04 Å². The smallest absolute Gasteiger partial charge is 0.326 e. The predicted octanol–water partition coefficient (Wildman–Crippen LogP) is 2.55. The molecular weight excluding hydrogens is 254 g/mol. The van der Waals surface area contributed by atoms with Crippen LogP contribution < -0.4 is 5.32 Å². The minimum atomic E-state index is -0.974. The Balaban J connectivity index is 2.10. The molecule has 0 aromatic heterocycles. The van der Waals surface area contributed by atoms with E-state index in [1.54, 1.807) is 6.07 Å². The molecule has 2 rings (SSSR count). The van der Waals surface area contributed by atoms with E-state index in [-0.39, 0.29) is 5.91 Å². The lowest BCUT2D eigenvalue weighted by Gasteiger charge is -2.17. The molecule has 1 aromatic rings. The summed E-state index contributed by atoms with van der Waals surface area (Å²) >= 11 is 0. The minimum Gasteiger partial charge on any atom is -0.480 e. The van der Waals surface area contributed by atoms with Crippen LogP contribution in [0.1, 0.15) is 54.1 Å². The van der Waals surface area contributed by atoms with Crippen LogP contribution >= 0.6 is 0 Å². The molecule has 1 aliphatic carbocycles. The predicted molar refractivity (Wildman–Crippen MR) is 76.9 cm³/mol. The van der Waals surface area contributed by atoms with Crippen molar-refractivity contribution in [1.82, 2.24) is 5.32 Å². The highest BCUT2D eigenvalue weighted by Gasteiger charge is 2.20. The first-order chi connectivity index (χ1) is 9.61. The Bertz CT molecular complexity index is 510. The van der Waals surface area contributed by atoms with Crippen molar-refractivity contribution in [3.8, 4) is 0 Å². The van der Waals surface area contributed by atoms with Gasteiger partial charge >= 0.3 is 5.97 Å². The van der Waals surface area contributed by atoms with Gasteiger partial charge in [0.2, 0.25) is 0 Å². The second-order valence-electron chi connectivity index (χ2n) is 5.34. The van der Waals surface area contributed by atoms with Crippen molar-refractivity contribution in [2.24, 2.45) is 0 Å². The fourth-order valence-electron chi connectivity index (χ4n) is 2.66. The fourth-order valence-corrected chi connectivity index (χ4v) is 2.66. The third kappa shape index (κ3) is 3.38. The number of benzene rings is 1. The number of carbonyl (C=O) groups is 2. The number of nitrogens with one attached hydrogen (secondary N) is 1. The average molecular weight is 275 g/mol. The Morgan fingerprint density at radius 2 is 1.95 bits per heavy atom. The number of rotatable bonds is 5. The molecule has 0 saturated carbocycles. The number of carbonyl (C=O) groups excluding carboxylic acids is 1. The second kappa shape index (κ2) is 6.55. The van der Waals surface area contributed by atoms with Crippen LogP contribution in [0.4, 0.5) is 0 Å². The van der Waals surface area contributed by atoms with Gasteiger partial charge in [0.15, 0.2) is 0 Å². The molecule has 1 aliphatic rings. The van der Waals surface area contributed by atoms with Gasteiger partial charge in [0.05, 0.1) is 0 Å². The van der Waals surface area contributed by atoms with Crippen molar-refractivity contribution in [2.45, 2.75) is 51.5 Å². The zero-order chi connectivity index (χ0) is 14.5. The molecule has 20 heavy (non-hydrogen) atoms. The zero-order valence-electron chi connectivity index (χ0n) is 11.8. The maximum absolute atomic E-state index is 12.1. The molecule has 1 amide bonds. The van der Waals surface area contributed by atoms with Crippen molar-refractivity contribution < 1.29 is 14.7 Å². The first kappa shape index (κ1) is 14.6. The Labute approximate surface area is 119 Å². The van der Waals surface area contributed by atoms with E-state index in [4.69, 9.17) is 5.11 Å². The topological polar surface area (TPSA) is 66.4 Å². The maximum Gasteiger partial charge on any atom is 0.326 e. The van der Waals surface area contributed by atoms with Crippen LogP contribution in [0.3, 0.4) is 0 Å². The van der Waals surface area contributed by atoms with E-state index in [2.05, 4.69) is 5.32 Å². The summed E-state index contributed by atoms with van der Waals surface area (Å²) in [7, 11) is 0. The summed E-state index contributed by atoms with van der Waals surface area (Å²) in [5, 5.41) is 11.7. The number of carboxylic acid groups (broad SMARTS) is 1. The van der Waals surface area contributed by atoms with Gasteiger partial charge < -0.3 is 10.4 Å². The Morgan fingerprint density at radius 1 is 1.25 bits per heavy atom. The van der Waals surface area contributed by atoms with Crippen LogP contribution in [-0.4, -0.2) is 23.0 Å². The van der Waals surface area contributed by atoms with Gasteiger partial charge in [0, 0.05) is 5.56 Å². The highest BCUT2D eigenvalue weighted by molar-refractivity contribution is 5.96. The first-order valence-electron chi connectivity index (χ1n) is 7.27. The van der Waals surface area contributed by atoms with Crippen molar-refractivity contribution in [2.75, 3.05) is 0 Å². The van der Waals surface area contributed by atoms with Crippen LogP contribution in [0.25, 0.3) is 0 Å². The number of hydrogen-bond acceptors (Lipinski definition) is 2. The number of fused-ring (bicyclic) bond motifs is 1. The molecule has 0 spiro atoms. The van der Waals surface area contributed by atoms with Gasteiger partial charge in [0.25, 0.3) is 5.91 Å². The summed E-state index contributed by atoms with van der Waals surface area (Å²) in [6.07, 6.45) is 5.62. The Hall–Kier alpha value is -1.84. The highest BCUT2D eigenvalue weighted by Crippen LogP contribution is 2.22. The molecule has 0 radical (unpaired) electrons. The molecule has 0 bridgehead atoms. The fraction of sp³-hybridized carbons (Fsp3) is 0.500. The van der Waals surface area contributed by atoms with Crippen LogP contribution in [-0.2, 0) is 17.6 Å². The van der Waals surface area contributed by atoms with Crippen LogP contribution in [0, 0.1) is 0 Å². The summed E-state index contributed by atoms with van der Waals surface area (Å²) in [5.74, 6) is -1.27. The average Bonchev–Trinajstić information content (AvgIpc) is 2.46. The first-order valence-corrected chi connectivity index (χ1v) is 7.27. The lowest BCUT2D eigenvalue weighted by atomic mass is 9.90. The van der Waals surface area contributed by atoms with Gasteiger partial charge in [-0.05, 0) is 55.4 Å². The maximum atomic E-state index is 12.1. The molecule has 0 unspecified atom stereocenters. The molecule has 4 heteroatoms. The van der Waals surface area contributed by atoms with E-state index in [0.717, 1.165) is 25.7 Å². The number of amides is 1. The number of carboxylic acids is 1. The number of aryl methyl sites for hydroxylation is 2. The third-order valence-electron chi connectivity index (χ3n) is 3.79. The summed E-state index contributed by atoms with van der Waals surface area (Å²) < 4.78 is 0. The van der Waals surface area contributed by atoms with Gasteiger partial charge in [-0.15, -0.1) is 0 Å². The SMILES string of the molecule is CCC[C@H](NC(=O)c1ccc2c(c1)CCCC2)C(=O)O. The number of aliphatic carboxylic acids is 1. The standard InChI is InChI=1S/C16H21NO3/c1-2-5-14(16(19)20)17-15(18)13-9-8-11-6-3-4-7-12(11)10-13/h8-10,14H,2-7H2,1H3,(H,17,18)(H,19,20)/t14-/m0/s1. The van der Waals surface area contributed by atoms with E-state index in [0.29, 0.717) is 12.0 Å². The summed E-state index contributed by atoms with van der Waals surface area (Å²) in [5.41, 5.74) is 3.11. The van der Waals surface area contributed by atoms with E-state index >= 15 is 0 Å². The van der Waals surface area contributed by atoms with Crippen LogP contribution in [0.2, 0.25) is 0 Å². The van der Waals surface area contributed by atoms with Crippen molar-refractivity contribution in [3.05, 3.63) is 34.9 Å². The third-order valence-corrected chi connectivity index (χ3v) is 3.79. The second-order valence-corrected chi connectivity index (χ2v) is 5.34. The summed E-state index contributed by atoms with van der Waals surface area (Å²) in [4.78, 5) is 23.2. The summed E-state index contributed by atoms with van der Waals surface area (Å²) in [6, 6.07) is 4.90. The molecule has 0 saturated heterocycles. The zero-order valence-corrected chi connectivity index (χ0v) is 11.8. The largest absolute Gasteiger partial charge is 0.480 e. The lowest BCUT2D eigenvalue weighted by Crippen LogP contribution is -2.40. The van der Waals surface area contributed by atoms with Crippen molar-refractivity contribution >= 4 is 11.9 Å². The molecule has 0 fully saturated rings. The Kier molecular flexibility index (Phi) is 4.77. The van der Waals surface area contributed by atoms with Crippen molar-refractivity contribution in [1.29, 1.82) is 0 Å². The molecule has 1 atom stereocenters. The van der Waals surface area contributed by atoms with E-state index in [9.17, 15) is 9.59 Å². The van der Waals surface area contributed by atoms with E-state index in [1.165, 1.54) is 17.5 Å². The molecule has 0 aliphatic heterocycles. The molecule has 2 N–H and O–H groups in total. The number of hydrogen-bond donors (Lipinski definition) is 2. The molecule has 1 aromatic carbocycles. The van der Waals surface area contributed by atoms with E-state index < -0.39 is 12.0 Å². The normalized spacial score (nSPS) is 15.2. The quantitative estimate of drug-likeness (QED) is 0.868. The molecule has 108 valence electrons. The minimum absolute atomic E-state index is 0.292. The molecule has 4 nitrogen and oxygen atoms in total. The van der Waals surface area contributed by atoms with Crippen LogP contribution in [0.5, 0.6) is 0 Å². The Morgan fingerprint density at radius 3 is 2.60 bits per heavy atom. The monoisotopic (exact) mass is 275 g/mol. The molecule has 0 heterocycles. The van der Waals surface area contributed by atoms with E-state index in [1.807, 2.05) is 19.1 Å². The highest BCUT2D eigenvalue weighted by atomic mass is 16.4. The van der Waals surface area contributed by atoms with Crippen molar-refractivity contribution in [3.63, 3.8) is 0 Å². The van der Waals surface area contributed by atoms with Gasteiger partial charge in [-0.2, -0.15) is 0 Å². The lowest BCUT2D eigenvalue weighted by molar-refractivity contribution is -0.139. The van der Waals surface area contributed by atoms with Gasteiger partial charge in [-0.3, -0.25) is 4.79 Å².